The maximum atomic E-state index is 2.60. The lowest BCUT2D eigenvalue weighted by molar-refractivity contribution is 0.0934. The summed E-state index contributed by atoms with van der Waals surface area (Å²) in [7, 11) is 0. The van der Waals surface area contributed by atoms with Gasteiger partial charge in [-0.15, -0.1) is 0 Å². The van der Waals surface area contributed by atoms with E-state index in [4.69, 9.17) is 0 Å². The van der Waals surface area contributed by atoms with Gasteiger partial charge < -0.3 is 0 Å². The van der Waals surface area contributed by atoms with E-state index in [0.29, 0.717) is 23.5 Å². The quantitative estimate of drug-likeness (QED) is 0.659. The van der Waals surface area contributed by atoms with Crippen LogP contribution in [0.4, 0.5) is 0 Å². The van der Waals surface area contributed by atoms with Gasteiger partial charge >= 0.3 is 0 Å². The molecule has 100 valence electrons. The van der Waals surface area contributed by atoms with Gasteiger partial charge in [-0.2, -0.15) is 0 Å². The van der Waals surface area contributed by atoms with Crippen LogP contribution in [0.5, 0.6) is 0 Å². The van der Waals surface area contributed by atoms with Crippen LogP contribution in [-0.2, 0) is 0 Å². The molecule has 1 heteroatoms. The van der Waals surface area contributed by atoms with Crippen LogP contribution in [0.1, 0.15) is 75.7 Å². The largest absolute Gasteiger partial charge is 0.296 e. The monoisotopic (exact) mass is 229 g/mol. The Hall–Kier alpha value is -0.0400. The van der Waals surface area contributed by atoms with Gasteiger partial charge in [0.1, 0.15) is 0 Å². The Kier molecular flexibility index (Phi) is 9.29. The normalized spacial score (nSPS) is 14.1. The molecule has 0 saturated carbocycles. The van der Waals surface area contributed by atoms with Crippen LogP contribution < -0.4 is 0 Å². The lowest BCUT2D eigenvalue weighted by atomic mass is 9.87. The Morgan fingerprint density at radius 2 is 1.12 bits per heavy atom. The number of rotatable bonds is 4. The maximum absolute atomic E-state index is 2.60. The molecule has 16 heavy (non-hydrogen) atoms. The van der Waals surface area contributed by atoms with Crippen molar-refractivity contribution in [3.8, 4) is 0 Å². The molecular weight excluding hydrogens is 194 g/mol. The first-order chi connectivity index (χ1) is 7.15. The predicted octanol–water partition coefficient (Wildman–Crippen LogP) is 4.96. The average Bonchev–Trinajstić information content (AvgIpc) is 2.02. The summed E-state index contributed by atoms with van der Waals surface area (Å²) in [6.45, 7) is 22.5. The van der Waals surface area contributed by atoms with Gasteiger partial charge in [0.15, 0.2) is 0 Å². The van der Waals surface area contributed by atoms with Crippen LogP contribution in [0.2, 0.25) is 0 Å². The molecule has 0 amide bonds. The first-order valence-electron chi connectivity index (χ1n) is 6.92. The topological polar surface area (TPSA) is 3.24 Å². The van der Waals surface area contributed by atoms with E-state index in [-0.39, 0.29) is 0 Å². The minimum absolute atomic E-state index is 0.432. The molecule has 0 rings (SSSR count). The van der Waals surface area contributed by atoms with E-state index in [9.17, 15) is 0 Å². The summed E-state index contributed by atoms with van der Waals surface area (Å²) in [4.78, 5) is 2.60. The van der Waals surface area contributed by atoms with E-state index in [0.717, 1.165) is 0 Å². The van der Waals surface area contributed by atoms with Crippen molar-refractivity contribution in [3.63, 3.8) is 0 Å². The van der Waals surface area contributed by atoms with Gasteiger partial charge in [-0.25, -0.2) is 0 Å². The standard InChI is InChI=1S/C13H29N.C2H6/c1-10(2)14(11(3)4)12(5)9-13(6,7)8;1-2/h10-12H,9H2,1-8H3;1-2H3. The van der Waals surface area contributed by atoms with Crippen molar-refractivity contribution in [2.75, 3.05) is 0 Å². The molecule has 0 aromatic rings. The second-order valence-electron chi connectivity index (χ2n) is 6.25. The van der Waals surface area contributed by atoms with Gasteiger partial charge in [0.05, 0.1) is 0 Å². The van der Waals surface area contributed by atoms with Gasteiger partial charge in [0, 0.05) is 18.1 Å². The third kappa shape index (κ3) is 8.15. The van der Waals surface area contributed by atoms with Crippen molar-refractivity contribution in [3.05, 3.63) is 0 Å². The van der Waals surface area contributed by atoms with Crippen LogP contribution in [0, 0.1) is 5.41 Å². The molecule has 0 aliphatic heterocycles. The summed E-state index contributed by atoms with van der Waals surface area (Å²) in [6, 6.07) is 1.97. The molecule has 0 aromatic carbocycles. The van der Waals surface area contributed by atoms with Crippen molar-refractivity contribution < 1.29 is 0 Å². The molecule has 1 atom stereocenters. The zero-order valence-electron chi connectivity index (χ0n) is 13.4. The van der Waals surface area contributed by atoms with Crippen LogP contribution in [-0.4, -0.2) is 23.0 Å². The minimum atomic E-state index is 0.432. The van der Waals surface area contributed by atoms with E-state index in [2.05, 4.69) is 60.3 Å². The molecule has 0 aromatic heterocycles. The van der Waals surface area contributed by atoms with Crippen molar-refractivity contribution in [1.82, 2.24) is 4.90 Å². The lowest BCUT2D eigenvalue weighted by Crippen LogP contribution is -2.45. The maximum Gasteiger partial charge on any atom is 0.00773 e. The van der Waals surface area contributed by atoms with Crippen LogP contribution in [0.15, 0.2) is 0 Å². The van der Waals surface area contributed by atoms with E-state index < -0.39 is 0 Å². The summed E-state index contributed by atoms with van der Waals surface area (Å²) in [5.74, 6) is 0. The Bertz CT molecular complexity index is 145. The third-order valence-corrected chi connectivity index (χ3v) is 2.61. The van der Waals surface area contributed by atoms with Crippen molar-refractivity contribution >= 4 is 0 Å². The highest BCUT2D eigenvalue weighted by molar-refractivity contribution is 4.78. The first kappa shape index (κ1) is 18.3. The molecule has 0 spiro atoms. The third-order valence-electron chi connectivity index (χ3n) is 2.61. The second-order valence-corrected chi connectivity index (χ2v) is 6.25. The Labute approximate surface area is 105 Å². The molecule has 1 unspecified atom stereocenters. The summed E-state index contributed by atoms with van der Waals surface area (Å²) in [5, 5.41) is 0. The lowest BCUT2D eigenvalue weighted by Gasteiger charge is -2.39. The Morgan fingerprint density at radius 3 is 1.31 bits per heavy atom. The number of hydrogen-bond donors (Lipinski definition) is 0. The van der Waals surface area contributed by atoms with Crippen LogP contribution in [0.3, 0.4) is 0 Å². The zero-order valence-corrected chi connectivity index (χ0v) is 13.4. The summed E-state index contributed by atoms with van der Waals surface area (Å²) in [6.07, 6.45) is 1.27. The molecule has 1 nitrogen and oxygen atoms in total. The molecule has 0 N–H and O–H groups in total. The van der Waals surface area contributed by atoms with Gasteiger partial charge in [-0.05, 0) is 46.5 Å². The van der Waals surface area contributed by atoms with Crippen LogP contribution in [0.25, 0.3) is 0 Å². The molecule has 0 saturated heterocycles. The second kappa shape index (κ2) is 8.11. The Morgan fingerprint density at radius 1 is 0.812 bits per heavy atom. The van der Waals surface area contributed by atoms with Gasteiger partial charge in [-0.3, -0.25) is 4.90 Å². The van der Waals surface area contributed by atoms with Crippen LogP contribution >= 0.6 is 0 Å². The molecule has 0 heterocycles. The Balaban J connectivity index is 0. The summed E-state index contributed by atoms with van der Waals surface area (Å²) < 4.78 is 0. The molecule has 0 radical (unpaired) electrons. The first-order valence-corrected chi connectivity index (χ1v) is 6.92. The SMILES string of the molecule is CC.CC(C)N(C(C)C)C(C)CC(C)(C)C. The van der Waals surface area contributed by atoms with E-state index >= 15 is 0 Å². The predicted molar refractivity (Wildman–Crippen MR) is 77.0 cm³/mol. The van der Waals surface area contributed by atoms with Crippen molar-refractivity contribution in [1.29, 1.82) is 0 Å². The van der Waals surface area contributed by atoms with E-state index in [1.807, 2.05) is 13.8 Å². The highest BCUT2D eigenvalue weighted by atomic mass is 15.2. The number of nitrogens with zero attached hydrogens (tertiary/aromatic N) is 1. The zero-order chi connectivity index (χ0) is 13.5. The van der Waals surface area contributed by atoms with Gasteiger partial charge in [0.2, 0.25) is 0 Å². The number of hydrogen-bond acceptors (Lipinski definition) is 1. The summed E-state index contributed by atoms with van der Waals surface area (Å²) in [5.41, 5.74) is 0.432. The fraction of sp³-hybridized carbons (Fsp3) is 1.00. The minimum Gasteiger partial charge on any atom is -0.296 e. The van der Waals surface area contributed by atoms with Gasteiger partial charge in [-0.1, -0.05) is 34.6 Å². The van der Waals surface area contributed by atoms with Crippen molar-refractivity contribution in [2.24, 2.45) is 5.41 Å². The smallest absolute Gasteiger partial charge is 0.00773 e. The molecule has 0 bridgehead atoms. The van der Waals surface area contributed by atoms with E-state index in [1.165, 1.54) is 6.42 Å². The molecule has 0 fully saturated rings. The molecule has 0 aliphatic rings. The average molecular weight is 229 g/mol. The fourth-order valence-corrected chi connectivity index (χ4v) is 2.61. The highest BCUT2D eigenvalue weighted by Crippen LogP contribution is 2.25. The van der Waals surface area contributed by atoms with E-state index in [1.54, 1.807) is 0 Å². The molecule has 0 aliphatic carbocycles. The molecular formula is C15H35N. The van der Waals surface area contributed by atoms with Gasteiger partial charge in [0.25, 0.3) is 0 Å². The summed E-state index contributed by atoms with van der Waals surface area (Å²) >= 11 is 0. The fourth-order valence-electron chi connectivity index (χ4n) is 2.61. The highest BCUT2D eigenvalue weighted by Gasteiger charge is 2.24. The van der Waals surface area contributed by atoms with Crippen molar-refractivity contribution in [2.45, 2.75) is 93.8 Å².